The quantitative estimate of drug-likeness (QED) is 0.504. The van der Waals surface area contributed by atoms with Gasteiger partial charge in [-0.3, -0.25) is 14.9 Å². The van der Waals surface area contributed by atoms with Gasteiger partial charge in [0.05, 0.1) is 22.6 Å². The summed E-state index contributed by atoms with van der Waals surface area (Å²) in [4.78, 5) is 23.7. The van der Waals surface area contributed by atoms with E-state index in [1.54, 1.807) is 6.07 Å². The van der Waals surface area contributed by atoms with E-state index in [0.717, 1.165) is 16.3 Å². The van der Waals surface area contributed by atoms with Crippen LogP contribution in [0.1, 0.15) is 35.3 Å². The molecule has 0 aliphatic rings. The minimum Gasteiger partial charge on any atom is -0.380 e. The molecule has 6 heteroatoms. The van der Waals surface area contributed by atoms with Gasteiger partial charge in [0.2, 0.25) is 0 Å². The number of non-ortho nitro benzene ring substituents is 1. The molecular formula is C22H22N2O4. The van der Waals surface area contributed by atoms with Gasteiger partial charge in [-0.2, -0.15) is 0 Å². The maximum atomic E-state index is 13.1. The molecule has 0 aliphatic carbocycles. The van der Waals surface area contributed by atoms with Crippen LogP contribution in [0.25, 0.3) is 10.8 Å². The summed E-state index contributed by atoms with van der Waals surface area (Å²) in [6.45, 7) is 4.02. The Kier molecular flexibility index (Phi) is 5.42. The van der Waals surface area contributed by atoms with Crippen molar-refractivity contribution in [2.24, 2.45) is 0 Å². The lowest BCUT2D eigenvalue weighted by Crippen LogP contribution is -2.41. The summed E-state index contributed by atoms with van der Waals surface area (Å²) in [5, 5.41) is 16.3. The van der Waals surface area contributed by atoms with Crippen molar-refractivity contribution in [3.8, 4) is 0 Å². The van der Waals surface area contributed by atoms with E-state index in [1.165, 1.54) is 19.2 Å². The van der Waals surface area contributed by atoms with Crippen LogP contribution in [0.4, 0.5) is 5.69 Å². The number of fused-ring (bicyclic) bond motifs is 1. The summed E-state index contributed by atoms with van der Waals surface area (Å²) in [5.41, 5.74) is 0.988. The van der Waals surface area contributed by atoms with E-state index in [1.807, 2.05) is 56.3 Å². The smallest absolute Gasteiger partial charge is 0.270 e. The molecule has 0 atom stereocenters. The third-order valence-corrected chi connectivity index (χ3v) is 4.74. The van der Waals surface area contributed by atoms with Crippen molar-refractivity contribution in [2.45, 2.75) is 26.0 Å². The average Bonchev–Trinajstić information content (AvgIpc) is 2.67. The van der Waals surface area contributed by atoms with Gasteiger partial charge in [0.25, 0.3) is 11.6 Å². The molecule has 0 saturated carbocycles. The van der Waals surface area contributed by atoms with Crippen LogP contribution in [0.15, 0.2) is 60.7 Å². The van der Waals surface area contributed by atoms with E-state index in [4.69, 9.17) is 4.74 Å². The SMILES string of the molecule is COCc1ccc([N+](=O)[O-])cc1C(=O)NC(C)(C)c1cccc2ccccc12. The van der Waals surface area contributed by atoms with E-state index < -0.39 is 10.5 Å². The lowest BCUT2D eigenvalue weighted by atomic mass is 9.89. The fraction of sp³-hybridized carbons (Fsp3) is 0.227. The summed E-state index contributed by atoms with van der Waals surface area (Å²) >= 11 is 0. The minimum atomic E-state index is -0.688. The second-order valence-electron chi connectivity index (χ2n) is 7.14. The monoisotopic (exact) mass is 378 g/mol. The number of carbonyl (C=O) groups excluding carboxylic acids is 1. The van der Waals surface area contributed by atoms with Crippen LogP contribution in [-0.4, -0.2) is 17.9 Å². The summed E-state index contributed by atoms with van der Waals surface area (Å²) in [6, 6.07) is 18.1. The zero-order valence-electron chi connectivity index (χ0n) is 16.1. The van der Waals surface area contributed by atoms with E-state index >= 15 is 0 Å². The van der Waals surface area contributed by atoms with Crippen molar-refractivity contribution in [3.63, 3.8) is 0 Å². The number of nitrogens with one attached hydrogen (secondary N) is 1. The molecule has 0 unspecified atom stereocenters. The minimum absolute atomic E-state index is 0.132. The summed E-state index contributed by atoms with van der Waals surface area (Å²) in [7, 11) is 1.52. The second-order valence-corrected chi connectivity index (χ2v) is 7.14. The molecule has 3 aromatic carbocycles. The van der Waals surface area contributed by atoms with Crippen molar-refractivity contribution in [1.29, 1.82) is 0 Å². The van der Waals surface area contributed by atoms with Crippen LogP contribution in [0.5, 0.6) is 0 Å². The fourth-order valence-corrected chi connectivity index (χ4v) is 3.36. The van der Waals surface area contributed by atoms with Crippen molar-refractivity contribution in [3.05, 3.63) is 87.5 Å². The van der Waals surface area contributed by atoms with Gasteiger partial charge in [0.1, 0.15) is 0 Å². The predicted molar refractivity (Wildman–Crippen MR) is 108 cm³/mol. The predicted octanol–water partition coefficient (Wildman–Crippen LogP) is 4.56. The Morgan fingerprint density at radius 2 is 1.82 bits per heavy atom. The lowest BCUT2D eigenvalue weighted by Gasteiger charge is -2.29. The average molecular weight is 378 g/mol. The van der Waals surface area contributed by atoms with Gasteiger partial charge in [-0.05, 0) is 41.8 Å². The van der Waals surface area contributed by atoms with Gasteiger partial charge in [0.15, 0.2) is 0 Å². The van der Waals surface area contributed by atoms with Crippen LogP contribution in [0.3, 0.4) is 0 Å². The number of rotatable bonds is 6. The number of carbonyl (C=O) groups is 1. The largest absolute Gasteiger partial charge is 0.380 e. The number of hydrogen-bond acceptors (Lipinski definition) is 4. The first-order chi connectivity index (χ1) is 13.3. The molecule has 1 amide bonds. The Bertz CT molecular complexity index is 1040. The number of nitro groups is 1. The van der Waals surface area contributed by atoms with Crippen LogP contribution in [0.2, 0.25) is 0 Å². The van der Waals surface area contributed by atoms with Crippen LogP contribution in [-0.2, 0) is 16.9 Å². The molecule has 1 N–H and O–H groups in total. The first kappa shape index (κ1) is 19.5. The number of nitro benzene ring substituents is 1. The van der Waals surface area contributed by atoms with Gasteiger partial charge in [-0.1, -0.05) is 42.5 Å². The Balaban J connectivity index is 1.99. The van der Waals surface area contributed by atoms with Crippen LogP contribution >= 0.6 is 0 Å². The molecule has 0 heterocycles. The molecule has 0 fully saturated rings. The van der Waals surface area contributed by atoms with Crippen molar-refractivity contribution >= 4 is 22.4 Å². The Morgan fingerprint density at radius 1 is 1.11 bits per heavy atom. The van der Waals surface area contributed by atoms with Gasteiger partial charge < -0.3 is 10.1 Å². The summed E-state index contributed by atoms with van der Waals surface area (Å²) in [6.07, 6.45) is 0. The zero-order valence-corrected chi connectivity index (χ0v) is 16.1. The fourth-order valence-electron chi connectivity index (χ4n) is 3.36. The molecule has 0 saturated heterocycles. The molecule has 144 valence electrons. The Morgan fingerprint density at radius 3 is 2.54 bits per heavy atom. The highest BCUT2D eigenvalue weighted by Crippen LogP contribution is 2.29. The molecule has 0 aliphatic heterocycles. The van der Waals surface area contributed by atoms with Crippen molar-refractivity contribution in [2.75, 3.05) is 7.11 Å². The summed E-state index contributed by atoms with van der Waals surface area (Å²) < 4.78 is 5.14. The van der Waals surface area contributed by atoms with Crippen molar-refractivity contribution in [1.82, 2.24) is 5.32 Å². The molecular weight excluding hydrogens is 356 g/mol. The Labute approximate surface area is 163 Å². The third kappa shape index (κ3) is 3.87. The molecule has 6 nitrogen and oxygen atoms in total. The van der Waals surface area contributed by atoms with Gasteiger partial charge >= 0.3 is 0 Å². The van der Waals surface area contributed by atoms with E-state index in [2.05, 4.69) is 5.32 Å². The molecule has 0 bridgehead atoms. The number of amides is 1. The van der Waals surface area contributed by atoms with Gasteiger partial charge in [-0.25, -0.2) is 0 Å². The van der Waals surface area contributed by atoms with E-state index in [-0.39, 0.29) is 23.8 Å². The highest BCUT2D eigenvalue weighted by molar-refractivity contribution is 5.97. The number of benzene rings is 3. The van der Waals surface area contributed by atoms with E-state index in [0.29, 0.717) is 5.56 Å². The first-order valence-corrected chi connectivity index (χ1v) is 8.90. The highest BCUT2D eigenvalue weighted by Gasteiger charge is 2.27. The maximum absolute atomic E-state index is 13.1. The topological polar surface area (TPSA) is 81.5 Å². The first-order valence-electron chi connectivity index (χ1n) is 8.90. The molecule has 3 rings (SSSR count). The molecule has 0 radical (unpaired) electrons. The molecule has 0 aromatic heterocycles. The normalized spacial score (nSPS) is 11.4. The number of hydrogen-bond donors (Lipinski definition) is 1. The van der Waals surface area contributed by atoms with E-state index in [9.17, 15) is 14.9 Å². The van der Waals surface area contributed by atoms with Gasteiger partial charge in [0, 0.05) is 19.2 Å². The zero-order chi connectivity index (χ0) is 20.3. The lowest BCUT2D eigenvalue weighted by molar-refractivity contribution is -0.384. The van der Waals surface area contributed by atoms with Crippen LogP contribution in [0, 0.1) is 10.1 Å². The highest BCUT2D eigenvalue weighted by atomic mass is 16.6. The number of nitrogens with zero attached hydrogens (tertiary/aromatic N) is 1. The molecule has 28 heavy (non-hydrogen) atoms. The molecule has 3 aromatic rings. The maximum Gasteiger partial charge on any atom is 0.270 e. The Hall–Kier alpha value is -3.25. The number of ether oxygens (including phenoxy) is 1. The second kappa shape index (κ2) is 7.78. The van der Waals surface area contributed by atoms with Crippen LogP contribution < -0.4 is 5.32 Å². The third-order valence-electron chi connectivity index (χ3n) is 4.74. The van der Waals surface area contributed by atoms with Gasteiger partial charge in [-0.15, -0.1) is 0 Å². The molecule has 0 spiro atoms. The standard InChI is InChI=1S/C22H22N2O4/c1-22(2,20-10-6-8-15-7-4-5-9-18(15)20)23-21(25)19-13-17(24(26)27)12-11-16(19)14-28-3/h4-13H,14H2,1-3H3,(H,23,25). The number of methoxy groups -OCH3 is 1. The van der Waals surface area contributed by atoms with Crippen molar-refractivity contribution < 1.29 is 14.5 Å². The summed E-state index contributed by atoms with van der Waals surface area (Å²) in [5.74, 6) is -0.381.